The van der Waals surface area contributed by atoms with Crippen molar-refractivity contribution in [3.05, 3.63) is 34.8 Å². The summed E-state index contributed by atoms with van der Waals surface area (Å²) in [4.78, 5) is 0. The fourth-order valence-corrected chi connectivity index (χ4v) is 2.12. The van der Waals surface area contributed by atoms with Crippen LogP contribution in [-0.2, 0) is 13.0 Å². The third-order valence-corrected chi connectivity index (χ3v) is 3.11. The molecule has 1 aromatic carbocycles. The van der Waals surface area contributed by atoms with Crippen molar-refractivity contribution in [3.8, 4) is 10.9 Å². The average molecular weight is 249 g/mol. The van der Waals surface area contributed by atoms with Crippen LogP contribution in [0.3, 0.4) is 0 Å². The van der Waals surface area contributed by atoms with E-state index in [1.807, 2.05) is 19.2 Å². The summed E-state index contributed by atoms with van der Waals surface area (Å²) in [5.74, 6) is 0.800. The molecule has 0 aliphatic rings. The second-order valence-electron chi connectivity index (χ2n) is 3.59. The monoisotopic (exact) mass is 249 g/mol. The number of aryl methyl sites for hydroxylation is 1. The lowest BCUT2D eigenvalue weighted by molar-refractivity contribution is 0.473. The number of nitrogens with one attached hydrogen (secondary N) is 1. The average Bonchev–Trinajstić information content (AvgIpc) is 2.78. The maximum absolute atomic E-state index is 5.62. The van der Waals surface area contributed by atoms with E-state index in [0.717, 1.165) is 23.7 Å². The van der Waals surface area contributed by atoms with Crippen molar-refractivity contribution < 1.29 is 4.74 Å². The normalized spacial score (nSPS) is 10.5. The molecule has 1 heterocycles. The van der Waals surface area contributed by atoms with Crippen molar-refractivity contribution in [2.45, 2.75) is 19.9 Å². The first kappa shape index (κ1) is 12.0. The van der Waals surface area contributed by atoms with E-state index in [1.165, 1.54) is 16.9 Å². The van der Waals surface area contributed by atoms with E-state index in [1.54, 1.807) is 0 Å². The van der Waals surface area contributed by atoms with Crippen LogP contribution in [0.4, 0.5) is 0 Å². The lowest BCUT2D eigenvalue weighted by Crippen LogP contribution is -2.04. The summed E-state index contributed by atoms with van der Waals surface area (Å²) in [6, 6.07) is 8.03. The van der Waals surface area contributed by atoms with Gasteiger partial charge < -0.3 is 10.1 Å². The van der Waals surface area contributed by atoms with Gasteiger partial charge in [0.25, 0.3) is 5.19 Å². The molecule has 0 bridgehead atoms. The Morgan fingerprint density at radius 3 is 2.65 bits per heavy atom. The molecule has 0 unspecified atom stereocenters. The van der Waals surface area contributed by atoms with Gasteiger partial charge >= 0.3 is 0 Å². The van der Waals surface area contributed by atoms with Gasteiger partial charge in [0, 0.05) is 6.54 Å². The number of hydrogen-bond donors (Lipinski definition) is 1. The van der Waals surface area contributed by atoms with Crippen molar-refractivity contribution in [2.75, 3.05) is 7.05 Å². The van der Waals surface area contributed by atoms with Gasteiger partial charge in [-0.15, -0.1) is 5.10 Å². The highest BCUT2D eigenvalue weighted by atomic mass is 32.1. The van der Waals surface area contributed by atoms with E-state index in [-0.39, 0.29) is 0 Å². The van der Waals surface area contributed by atoms with Gasteiger partial charge in [0.2, 0.25) is 0 Å². The summed E-state index contributed by atoms with van der Waals surface area (Å²) >= 11 is 1.46. The molecule has 0 spiro atoms. The van der Waals surface area contributed by atoms with E-state index in [4.69, 9.17) is 4.74 Å². The fourth-order valence-electron chi connectivity index (χ4n) is 1.40. The highest BCUT2D eigenvalue weighted by Gasteiger charge is 2.05. The van der Waals surface area contributed by atoms with Gasteiger partial charge in [0.15, 0.2) is 0 Å². The van der Waals surface area contributed by atoms with Crippen molar-refractivity contribution in [1.29, 1.82) is 0 Å². The fraction of sp³-hybridized carbons (Fsp3) is 0.333. The van der Waals surface area contributed by atoms with Gasteiger partial charge in [-0.25, -0.2) is 0 Å². The van der Waals surface area contributed by atoms with Crippen LogP contribution < -0.4 is 10.1 Å². The number of rotatable bonds is 5. The van der Waals surface area contributed by atoms with Crippen LogP contribution in [0, 0.1) is 0 Å². The lowest BCUT2D eigenvalue weighted by Gasteiger charge is -2.01. The van der Waals surface area contributed by atoms with E-state index in [9.17, 15) is 0 Å². The number of benzene rings is 1. The third-order valence-electron chi connectivity index (χ3n) is 2.31. The van der Waals surface area contributed by atoms with E-state index < -0.39 is 0 Å². The lowest BCUT2D eigenvalue weighted by atomic mass is 10.2. The SMILES string of the molecule is CCc1ccc(Oc2nnc(CNC)s2)cc1. The predicted molar refractivity (Wildman–Crippen MR) is 68.6 cm³/mol. The summed E-state index contributed by atoms with van der Waals surface area (Å²) in [7, 11) is 1.88. The zero-order valence-electron chi connectivity index (χ0n) is 9.93. The smallest absolute Gasteiger partial charge is 0.299 e. The van der Waals surface area contributed by atoms with Gasteiger partial charge in [-0.1, -0.05) is 35.5 Å². The van der Waals surface area contributed by atoms with Gasteiger partial charge in [-0.05, 0) is 31.2 Å². The summed E-state index contributed by atoms with van der Waals surface area (Å²) in [6.45, 7) is 2.85. The van der Waals surface area contributed by atoms with Crippen LogP contribution in [0.25, 0.3) is 0 Å². The van der Waals surface area contributed by atoms with Crippen LogP contribution >= 0.6 is 11.3 Å². The van der Waals surface area contributed by atoms with Crippen molar-refractivity contribution in [2.24, 2.45) is 0 Å². The van der Waals surface area contributed by atoms with Crippen LogP contribution in [0.5, 0.6) is 10.9 Å². The minimum atomic E-state index is 0.583. The number of aromatic nitrogens is 2. The summed E-state index contributed by atoms with van der Waals surface area (Å²) < 4.78 is 5.62. The summed E-state index contributed by atoms with van der Waals surface area (Å²) in [6.07, 6.45) is 1.03. The van der Waals surface area contributed by atoms with Crippen molar-refractivity contribution >= 4 is 11.3 Å². The maximum atomic E-state index is 5.62. The molecule has 17 heavy (non-hydrogen) atoms. The molecule has 0 amide bonds. The van der Waals surface area contributed by atoms with E-state index >= 15 is 0 Å². The first-order chi connectivity index (χ1) is 8.31. The standard InChI is InChI=1S/C12H15N3OS/c1-3-9-4-6-10(7-5-9)16-12-15-14-11(17-12)8-13-2/h4-7,13H,3,8H2,1-2H3. The van der Waals surface area contributed by atoms with Crippen LogP contribution in [0.2, 0.25) is 0 Å². The highest BCUT2D eigenvalue weighted by Crippen LogP contribution is 2.25. The van der Waals surface area contributed by atoms with Crippen molar-refractivity contribution in [3.63, 3.8) is 0 Å². The Balaban J connectivity index is 2.03. The molecule has 2 aromatic rings. The molecule has 4 nitrogen and oxygen atoms in total. The molecule has 0 fully saturated rings. The molecule has 0 radical (unpaired) electrons. The molecule has 0 saturated carbocycles. The number of hydrogen-bond acceptors (Lipinski definition) is 5. The zero-order chi connectivity index (χ0) is 12.1. The predicted octanol–water partition coefficient (Wildman–Crippen LogP) is 2.61. The Bertz CT molecular complexity index is 467. The largest absolute Gasteiger partial charge is 0.430 e. The quantitative estimate of drug-likeness (QED) is 0.885. The molecule has 1 N–H and O–H groups in total. The molecule has 5 heteroatoms. The minimum absolute atomic E-state index is 0.583. The molecule has 0 aliphatic carbocycles. The first-order valence-corrected chi connectivity index (χ1v) is 6.37. The number of ether oxygens (including phenoxy) is 1. The topological polar surface area (TPSA) is 47.0 Å². The molecule has 90 valence electrons. The molecule has 1 aromatic heterocycles. The molecule has 0 atom stereocenters. The van der Waals surface area contributed by atoms with Gasteiger partial charge in [0.1, 0.15) is 10.8 Å². The summed E-state index contributed by atoms with van der Waals surface area (Å²) in [5, 5.41) is 12.5. The van der Waals surface area contributed by atoms with Crippen LogP contribution in [0.15, 0.2) is 24.3 Å². The van der Waals surface area contributed by atoms with Crippen molar-refractivity contribution in [1.82, 2.24) is 15.5 Å². The Kier molecular flexibility index (Phi) is 4.06. The Labute approximate surface area is 105 Å². The Hall–Kier alpha value is -1.46. The zero-order valence-corrected chi connectivity index (χ0v) is 10.8. The molecular formula is C12H15N3OS. The minimum Gasteiger partial charge on any atom is -0.430 e. The third kappa shape index (κ3) is 3.25. The Morgan fingerprint density at radius 2 is 2.00 bits per heavy atom. The first-order valence-electron chi connectivity index (χ1n) is 5.55. The molecule has 0 aliphatic heterocycles. The number of nitrogens with zero attached hydrogens (tertiary/aromatic N) is 2. The molecular weight excluding hydrogens is 234 g/mol. The van der Waals surface area contributed by atoms with Gasteiger partial charge in [0.05, 0.1) is 0 Å². The van der Waals surface area contributed by atoms with E-state index in [2.05, 4.69) is 34.6 Å². The molecule has 2 rings (SSSR count). The van der Waals surface area contributed by atoms with E-state index in [0.29, 0.717) is 5.19 Å². The second kappa shape index (κ2) is 5.75. The van der Waals surface area contributed by atoms with Crippen LogP contribution in [-0.4, -0.2) is 17.2 Å². The van der Waals surface area contributed by atoms with Gasteiger partial charge in [-0.2, -0.15) is 0 Å². The Morgan fingerprint density at radius 1 is 1.24 bits per heavy atom. The molecule has 0 saturated heterocycles. The highest BCUT2D eigenvalue weighted by molar-refractivity contribution is 7.13. The second-order valence-corrected chi connectivity index (χ2v) is 4.62. The maximum Gasteiger partial charge on any atom is 0.299 e. The summed E-state index contributed by atoms with van der Waals surface area (Å²) in [5.41, 5.74) is 1.30. The van der Waals surface area contributed by atoms with Crippen LogP contribution in [0.1, 0.15) is 17.5 Å². The van der Waals surface area contributed by atoms with Gasteiger partial charge in [-0.3, -0.25) is 0 Å².